The van der Waals surface area contributed by atoms with Gasteiger partial charge in [0.1, 0.15) is 0 Å². The normalized spacial score (nSPS) is 9.23. The molecule has 0 spiro atoms. The smallest absolute Gasteiger partial charge is 0.332 e. The first kappa shape index (κ1) is 22.1. The topological polar surface area (TPSA) is 71.4 Å². The fourth-order valence-electron chi connectivity index (χ4n) is 1.12. The van der Waals surface area contributed by atoms with Crippen molar-refractivity contribution in [3.8, 4) is 0 Å². The number of carboxylic acids is 1. The Morgan fingerprint density at radius 1 is 1.14 bits per heavy atom. The van der Waals surface area contributed by atoms with Gasteiger partial charge in [0.25, 0.3) is 0 Å². The highest BCUT2D eigenvalue weighted by atomic mass is 32.2. The summed E-state index contributed by atoms with van der Waals surface area (Å²) in [6.07, 6.45) is 3.50. The molecule has 0 heterocycles. The Labute approximate surface area is 133 Å². The molecule has 0 unspecified atom stereocenters. The number of aryl methyl sites for hydroxylation is 1. The van der Waals surface area contributed by atoms with E-state index < -0.39 is 21.6 Å². The predicted molar refractivity (Wildman–Crippen MR) is 91.7 cm³/mol. The third-order valence-electron chi connectivity index (χ3n) is 2.05. The quantitative estimate of drug-likeness (QED) is 0.675. The third kappa shape index (κ3) is 9.72. The molecule has 0 radical (unpaired) electrons. The molecule has 5 heteroatoms. The van der Waals surface area contributed by atoms with Crippen LogP contribution in [-0.2, 0) is 14.6 Å². The molecule has 0 bridgehead atoms. The number of hydrogen-bond acceptors (Lipinski definition) is 3. The highest BCUT2D eigenvalue weighted by Crippen LogP contribution is 2.14. The van der Waals surface area contributed by atoms with Crippen LogP contribution in [0.5, 0.6) is 0 Å². The number of allylic oxidation sites excluding steroid dienone is 2. The van der Waals surface area contributed by atoms with Gasteiger partial charge in [-0.25, -0.2) is 13.2 Å². The molecular formula is C17H24O4S. The van der Waals surface area contributed by atoms with Gasteiger partial charge in [-0.3, -0.25) is 0 Å². The van der Waals surface area contributed by atoms with Gasteiger partial charge in [0, 0.05) is 5.57 Å². The summed E-state index contributed by atoms with van der Waals surface area (Å²) in [6, 6.07) is 6.24. The number of carboxylic acid groups (broad SMARTS) is 1. The highest BCUT2D eigenvalue weighted by Gasteiger charge is 2.18. The third-order valence-corrected chi connectivity index (χ3v) is 3.77. The molecular weight excluding hydrogens is 300 g/mol. The predicted octanol–water partition coefficient (Wildman–Crippen LogP) is 3.79. The van der Waals surface area contributed by atoms with Crippen molar-refractivity contribution in [3.05, 3.63) is 67.3 Å². The van der Waals surface area contributed by atoms with E-state index in [0.717, 1.165) is 5.56 Å². The molecule has 0 saturated heterocycles. The molecule has 0 saturated carbocycles. The summed E-state index contributed by atoms with van der Waals surface area (Å²) in [7, 11) is -3.60. The van der Waals surface area contributed by atoms with Gasteiger partial charge in [0.15, 0.2) is 9.84 Å². The Balaban J connectivity index is 0. The van der Waals surface area contributed by atoms with Crippen LogP contribution in [-0.4, -0.2) is 25.2 Å². The van der Waals surface area contributed by atoms with Gasteiger partial charge < -0.3 is 5.11 Å². The van der Waals surface area contributed by atoms with Crippen LogP contribution in [0.3, 0.4) is 0 Å². The summed E-state index contributed by atoms with van der Waals surface area (Å²) >= 11 is 0. The molecule has 1 aromatic carbocycles. The molecule has 4 nitrogen and oxygen atoms in total. The maximum atomic E-state index is 11.7. The second-order valence-corrected chi connectivity index (χ2v) is 6.29. The minimum atomic E-state index is -3.60. The summed E-state index contributed by atoms with van der Waals surface area (Å²) in [5.41, 5.74) is 0.608. The van der Waals surface area contributed by atoms with Crippen LogP contribution in [0, 0.1) is 6.92 Å². The van der Waals surface area contributed by atoms with Crippen LogP contribution in [0.15, 0.2) is 66.6 Å². The molecule has 1 rings (SSSR count). The molecule has 0 aliphatic rings. The number of hydrogen-bond donors (Lipinski definition) is 1. The first-order chi connectivity index (χ1) is 10.2. The van der Waals surface area contributed by atoms with Gasteiger partial charge in [-0.05, 0) is 32.9 Å². The molecule has 0 aliphatic heterocycles. The van der Waals surface area contributed by atoms with Gasteiger partial charge in [-0.1, -0.05) is 36.4 Å². The zero-order valence-corrected chi connectivity index (χ0v) is 14.2. The Morgan fingerprint density at radius 2 is 1.50 bits per heavy atom. The van der Waals surface area contributed by atoms with Crippen molar-refractivity contribution < 1.29 is 18.3 Å². The van der Waals surface area contributed by atoms with E-state index in [2.05, 4.69) is 19.7 Å². The lowest BCUT2D eigenvalue weighted by molar-refractivity contribution is -0.132. The van der Waals surface area contributed by atoms with Gasteiger partial charge in [-0.15, -0.1) is 13.2 Å². The Kier molecular flexibility index (Phi) is 11.6. The van der Waals surface area contributed by atoms with Crippen molar-refractivity contribution in [3.63, 3.8) is 0 Å². The van der Waals surface area contributed by atoms with E-state index in [0.29, 0.717) is 0 Å². The summed E-state index contributed by atoms with van der Waals surface area (Å²) in [4.78, 5) is 10.6. The van der Waals surface area contributed by atoms with E-state index in [1.807, 2.05) is 20.8 Å². The largest absolute Gasteiger partial charge is 0.478 e. The average Bonchev–Trinajstić information content (AvgIpc) is 2.40. The Morgan fingerprint density at radius 3 is 1.82 bits per heavy atom. The second kappa shape index (κ2) is 11.5. The van der Waals surface area contributed by atoms with E-state index in [4.69, 9.17) is 5.11 Å². The summed E-state index contributed by atoms with van der Waals surface area (Å²) in [6.45, 7) is 15.5. The number of benzene rings is 1. The number of aliphatic carboxylic acids is 1. The molecule has 0 atom stereocenters. The first-order valence-corrected chi connectivity index (χ1v) is 8.16. The highest BCUT2D eigenvalue weighted by molar-refractivity contribution is 7.91. The van der Waals surface area contributed by atoms with E-state index in [1.54, 1.807) is 24.3 Å². The van der Waals surface area contributed by atoms with Crippen LogP contribution in [0.4, 0.5) is 0 Å². The first-order valence-electron chi connectivity index (χ1n) is 6.50. The van der Waals surface area contributed by atoms with Gasteiger partial charge in [-0.2, -0.15) is 0 Å². The molecule has 0 aromatic heterocycles. The van der Waals surface area contributed by atoms with Crippen molar-refractivity contribution >= 4 is 15.8 Å². The second-order valence-electron chi connectivity index (χ2n) is 4.30. The van der Waals surface area contributed by atoms with Crippen LogP contribution < -0.4 is 0 Å². The monoisotopic (exact) mass is 324 g/mol. The Bertz CT molecular complexity index is 590. The van der Waals surface area contributed by atoms with Crippen molar-refractivity contribution in [1.29, 1.82) is 0 Å². The minimum absolute atomic E-state index is 0.112. The van der Waals surface area contributed by atoms with Crippen molar-refractivity contribution in [1.82, 2.24) is 0 Å². The van der Waals surface area contributed by atoms with Crippen molar-refractivity contribution in [2.24, 2.45) is 0 Å². The summed E-state index contributed by atoms with van der Waals surface area (Å²) in [5.74, 6) is -1.86. The van der Waals surface area contributed by atoms with Crippen LogP contribution in [0.1, 0.15) is 19.4 Å². The standard InChI is InChI=1S/C11H12O4S.2C3H6/c1-8-3-5-10(6-4-8)16(14,15)7-9(2)11(12)13;2*1-3-2/h3-6H,2,7H2,1H3,(H,12,13);2*3H,1H2,2H3. The average molecular weight is 324 g/mol. The molecule has 1 N–H and O–H groups in total. The fraction of sp³-hybridized carbons (Fsp3) is 0.235. The molecule has 0 amide bonds. The SMILES string of the molecule is C=C(CS(=O)(=O)c1ccc(C)cc1)C(=O)O.C=CC.C=CC. The molecule has 1 aromatic rings. The van der Waals surface area contributed by atoms with Gasteiger partial charge in [0.05, 0.1) is 10.6 Å². The molecule has 122 valence electrons. The maximum absolute atomic E-state index is 11.7. The van der Waals surface area contributed by atoms with Gasteiger partial charge >= 0.3 is 5.97 Å². The number of sulfone groups is 1. The lowest BCUT2D eigenvalue weighted by atomic mass is 10.2. The maximum Gasteiger partial charge on any atom is 0.332 e. The van der Waals surface area contributed by atoms with Crippen molar-refractivity contribution in [2.45, 2.75) is 25.7 Å². The number of rotatable bonds is 4. The van der Waals surface area contributed by atoms with Crippen LogP contribution in [0.25, 0.3) is 0 Å². The molecule has 22 heavy (non-hydrogen) atoms. The van der Waals surface area contributed by atoms with Crippen molar-refractivity contribution in [2.75, 3.05) is 5.75 Å². The lowest BCUT2D eigenvalue weighted by Crippen LogP contribution is -2.13. The van der Waals surface area contributed by atoms with E-state index in [9.17, 15) is 13.2 Å². The fourth-order valence-corrected chi connectivity index (χ4v) is 2.42. The van der Waals surface area contributed by atoms with Gasteiger partial charge in [0.2, 0.25) is 0 Å². The number of carbonyl (C=O) groups is 1. The minimum Gasteiger partial charge on any atom is -0.478 e. The van der Waals surface area contributed by atoms with E-state index in [-0.39, 0.29) is 10.5 Å². The lowest BCUT2D eigenvalue weighted by Gasteiger charge is -2.04. The zero-order chi connectivity index (χ0) is 17.8. The molecule has 0 fully saturated rings. The Hall–Kier alpha value is -2.14. The van der Waals surface area contributed by atoms with Crippen LogP contribution in [0.2, 0.25) is 0 Å². The zero-order valence-electron chi connectivity index (χ0n) is 13.4. The molecule has 0 aliphatic carbocycles. The summed E-state index contributed by atoms with van der Waals surface area (Å²) in [5, 5.41) is 8.57. The van der Waals surface area contributed by atoms with Crippen LogP contribution >= 0.6 is 0 Å². The summed E-state index contributed by atoms with van der Waals surface area (Å²) < 4.78 is 23.5. The van der Waals surface area contributed by atoms with E-state index >= 15 is 0 Å². The van der Waals surface area contributed by atoms with E-state index in [1.165, 1.54) is 12.1 Å².